The fourth-order valence-corrected chi connectivity index (χ4v) is 3.49. The van der Waals surface area contributed by atoms with E-state index >= 15 is 0 Å². The third kappa shape index (κ3) is 2.96. The Hall–Kier alpha value is -3.75. The predicted molar refractivity (Wildman–Crippen MR) is 103 cm³/mol. The molecule has 5 rings (SSSR count). The fourth-order valence-electron chi connectivity index (χ4n) is 3.49. The van der Waals surface area contributed by atoms with Crippen LogP contribution < -0.4 is 10.2 Å². The van der Waals surface area contributed by atoms with Crippen LogP contribution in [0, 0.1) is 0 Å². The molecule has 4 aromatic rings. The van der Waals surface area contributed by atoms with Gasteiger partial charge in [-0.1, -0.05) is 30.3 Å². The Morgan fingerprint density at radius 3 is 2.96 bits per heavy atom. The highest BCUT2D eigenvalue weighted by molar-refractivity contribution is 5.91. The van der Waals surface area contributed by atoms with Gasteiger partial charge in [-0.2, -0.15) is 10.2 Å². The molecule has 0 spiro atoms. The molecule has 1 aliphatic rings. The van der Waals surface area contributed by atoms with Gasteiger partial charge in [0, 0.05) is 37.1 Å². The summed E-state index contributed by atoms with van der Waals surface area (Å²) >= 11 is 0. The Morgan fingerprint density at radius 1 is 1.18 bits per heavy atom. The summed E-state index contributed by atoms with van der Waals surface area (Å²) in [4.78, 5) is 23.5. The quantitative estimate of drug-likeness (QED) is 0.561. The van der Waals surface area contributed by atoms with Crippen molar-refractivity contribution in [3.05, 3.63) is 60.8 Å². The van der Waals surface area contributed by atoms with Crippen LogP contribution in [0.2, 0.25) is 0 Å². The second-order valence-corrected chi connectivity index (χ2v) is 6.69. The Kier molecular flexibility index (Phi) is 3.97. The minimum absolute atomic E-state index is 0.0164. The van der Waals surface area contributed by atoms with E-state index in [1.54, 1.807) is 16.9 Å². The molecule has 1 saturated heterocycles. The van der Waals surface area contributed by atoms with Crippen molar-refractivity contribution >= 4 is 17.2 Å². The number of fused-ring (bicyclic) bond motifs is 1. The maximum atomic E-state index is 12.6. The summed E-state index contributed by atoms with van der Waals surface area (Å²) in [5.41, 5.74) is 1.82. The van der Waals surface area contributed by atoms with Crippen molar-refractivity contribution in [3.8, 4) is 11.4 Å². The van der Waals surface area contributed by atoms with Gasteiger partial charge in [-0.05, 0) is 12.5 Å². The van der Waals surface area contributed by atoms with Gasteiger partial charge in [0.1, 0.15) is 5.52 Å². The Balaban J connectivity index is 1.27. The number of anilines is 1. The van der Waals surface area contributed by atoms with E-state index in [0.717, 1.165) is 29.9 Å². The highest BCUT2D eigenvalue weighted by Crippen LogP contribution is 2.23. The molecule has 0 saturated carbocycles. The van der Waals surface area contributed by atoms with Gasteiger partial charge in [0.05, 0.1) is 6.20 Å². The Labute approximate surface area is 160 Å². The van der Waals surface area contributed by atoms with Gasteiger partial charge in [-0.15, -0.1) is 0 Å². The predicted octanol–water partition coefficient (Wildman–Crippen LogP) is 1.52. The average Bonchev–Trinajstić information content (AvgIpc) is 3.48. The number of H-pyrrole nitrogens is 1. The van der Waals surface area contributed by atoms with Crippen LogP contribution in [-0.2, 0) is 0 Å². The number of benzene rings is 1. The number of nitrogens with one attached hydrogen (secondary N) is 2. The van der Waals surface area contributed by atoms with Crippen LogP contribution in [0.3, 0.4) is 0 Å². The number of amides is 1. The summed E-state index contributed by atoms with van der Waals surface area (Å²) in [6, 6.07) is 11.5. The van der Waals surface area contributed by atoms with Crippen molar-refractivity contribution < 1.29 is 4.79 Å². The molecule has 1 atom stereocenters. The lowest BCUT2D eigenvalue weighted by Crippen LogP contribution is -2.37. The van der Waals surface area contributed by atoms with Crippen molar-refractivity contribution in [1.29, 1.82) is 0 Å². The maximum Gasteiger partial charge on any atom is 0.288 e. The first-order valence-electron chi connectivity index (χ1n) is 9.10. The summed E-state index contributed by atoms with van der Waals surface area (Å²) in [6.45, 7) is 1.50. The molecule has 9 nitrogen and oxygen atoms in total. The van der Waals surface area contributed by atoms with E-state index in [1.165, 1.54) is 0 Å². The molecule has 3 aromatic heterocycles. The summed E-state index contributed by atoms with van der Waals surface area (Å²) in [6.07, 6.45) is 6.15. The van der Waals surface area contributed by atoms with Crippen LogP contribution in [0.5, 0.6) is 0 Å². The van der Waals surface area contributed by atoms with Crippen molar-refractivity contribution in [1.82, 2.24) is 35.1 Å². The molecule has 0 aliphatic carbocycles. The highest BCUT2D eigenvalue weighted by atomic mass is 16.2. The first-order valence-corrected chi connectivity index (χ1v) is 9.10. The molecule has 28 heavy (non-hydrogen) atoms. The zero-order valence-corrected chi connectivity index (χ0v) is 15.0. The number of nitrogens with zero attached hydrogens (tertiary/aromatic N) is 6. The van der Waals surface area contributed by atoms with E-state index in [4.69, 9.17) is 0 Å². The number of carbonyl (C=O) groups excluding carboxylic acids is 1. The lowest BCUT2D eigenvalue weighted by atomic mass is 10.2. The lowest BCUT2D eigenvalue weighted by molar-refractivity contribution is 0.0930. The first kappa shape index (κ1) is 16.4. The molecule has 2 N–H and O–H groups in total. The second-order valence-electron chi connectivity index (χ2n) is 6.69. The molecule has 0 bridgehead atoms. The molecule has 1 aromatic carbocycles. The van der Waals surface area contributed by atoms with Crippen LogP contribution in [0.25, 0.3) is 16.9 Å². The van der Waals surface area contributed by atoms with Gasteiger partial charge in [0.15, 0.2) is 11.6 Å². The van der Waals surface area contributed by atoms with Gasteiger partial charge in [-0.25, -0.2) is 14.5 Å². The topological polar surface area (TPSA) is 104 Å². The number of carbonyl (C=O) groups is 1. The van der Waals surface area contributed by atoms with Crippen LogP contribution >= 0.6 is 0 Å². The fraction of sp³-hybridized carbons (Fsp3) is 0.211. The van der Waals surface area contributed by atoms with Gasteiger partial charge in [-0.3, -0.25) is 9.89 Å². The molecule has 1 unspecified atom stereocenters. The largest absolute Gasteiger partial charge is 0.353 e. The van der Waals surface area contributed by atoms with Crippen molar-refractivity contribution in [2.75, 3.05) is 18.0 Å². The molecule has 9 heteroatoms. The van der Waals surface area contributed by atoms with Gasteiger partial charge < -0.3 is 10.2 Å². The number of hydrogen-bond donors (Lipinski definition) is 2. The van der Waals surface area contributed by atoms with Crippen molar-refractivity contribution in [3.63, 3.8) is 0 Å². The standard InChI is InChI=1S/C19H18N8O/c28-19(17-23-16(24-25-17)13-4-2-1-3-5-13)22-14-7-10-26(12-14)18-15-6-8-21-27(15)11-9-20-18/h1-6,8-9,11,14H,7,10,12H2,(H,22,28)(H,23,24,25). The van der Waals surface area contributed by atoms with Crippen LogP contribution in [0.15, 0.2) is 55.0 Å². The van der Waals surface area contributed by atoms with E-state index in [-0.39, 0.29) is 17.8 Å². The molecule has 1 aliphatic heterocycles. The number of aromatic nitrogens is 6. The Bertz CT molecular complexity index is 1120. The number of rotatable bonds is 4. The SMILES string of the molecule is O=C(NC1CCN(c2nccn3nccc23)C1)c1nc(-c2ccccc2)n[nH]1. The van der Waals surface area contributed by atoms with Crippen LogP contribution in [0.1, 0.15) is 17.0 Å². The van der Waals surface area contributed by atoms with Crippen molar-refractivity contribution in [2.24, 2.45) is 0 Å². The van der Waals surface area contributed by atoms with E-state index in [1.807, 2.05) is 42.6 Å². The van der Waals surface area contributed by atoms with Gasteiger partial charge in [0.25, 0.3) is 5.91 Å². The highest BCUT2D eigenvalue weighted by Gasteiger charge is 2.27. The normalized spacial score (nSPS) is 16.6. The molecule has 1 amide bonds. The average molecular weight is 374 g/mol. The zero-order chi connectivity index (χ0) is 18.9. The number of aromatic amines is 1. The van der Waals surface area contributed by atoms with E-state index in [9.17, 15) is 4.79 Å². The van der Waals surface area contributed by atoms with E-state index in [0.29, 0.717) is 12.4 Å². The van der Waals surface area contributed by atoms with Crippen LogP contribution in [0.4, 0.5) is 5.82 Å². The monoisotopic (exact) mass is 374 g/mol. The third-order valence-electron chi connectivity index (χ3n) is 4.86. The minimum atomic E-state index is -0.253. The molecule has 0 radical (unpaired) electrons. The molecular formula is C19H18N8O. The summed E-state index contributed by atoms with van der Waals surface area (Å²) in [5.74, 6) is 1.35. The smallest absolute Gasteiger partial charge is 0.288 e. The molecular weight excluding hydrogens is 356 g/mol. The molecule has 4 heterocycles. The second kappa shape index (κ2) is 6.76. The summed E-state index contributed by atoms with van der Waals surface area (Å²) < 4.78 is 1.80. The molecule has 1 fully saturated rings. The van der Waals surface area contributed by atoms with E-state index < -0.39 is 0 Å². The van der Waals surface area contributed by atoms with Crippen LogP contribution in [-0.4, -0.2) is 54.8 Å². The maximum absolute atomic E-state index is 12.6. The van der Waals surface area contributed by atoms with Crippen molar-refractivity contribution in [2.45, 2.75) is 12.5 Å². The van der Waals surface area contributed by atoms with Gasteiger partial charge in [0.2, 0.25) is 5.82 Å². The summed E-state index contributed by atoms with van der Waals surface area (Å²) in [7, 11) is 0. The lowest BCUT2D eigenvalue weighted by Gasteiger charge is -2.18. The number of hydrogen-bond acceptors (Lipinski definition) is 6. The zero-order valence-electron chi connectivity index (χ0n) is 15.0. The third-order valence-corrected chi connectivity index (χ3v) is 4.86. The van der Waals surface area contributed by atoms with Gasteiger partial charge >= 0.3 is 0 Å². The molecule has 140 valence electrons. The minimum Gasteiger partial charge on any atom is -0.353 e. The van der Waals surface area contributed by atoms with E-state index in [2.05, 4.69) is 35.5 Å². The first-order chi connectivity index (χ1) is 13.8. The summed E-state index contributed by atoms with van der Waals surface area (Å²) in [5, 5.41) is 14.2. The Morgan fingerprint density at radius 2 is 2.07 bits per heavy atom.